The van der Waals surface area contributed by atoms with Crippen molar-refractivity contribution in [1.29, 1.82) is 0 Å². The van der Waals surface area contributed by atoms with E-state index in [9.17, 15) is 17.6 Å². The van der Waals surface area contributed by atoms with Gasteiger partial charge in [0.05, 0.1) is 29.3 Å². The van der Waals surface area contributed by atoms with E-state index in [0.29, 0.717) is 24.7 Å². The molecular weight excluding hydrogens is 364 g/mol. The molecule has 3 heterocycles. The number of halogens is 4. The molecule has 2 aromatic heterocycles. The van der Waals surface area contributed by atoms with Crippen molar-refractivity contribution >= 4 is 11.6 Å². The number of imidazole rings is 1. The molecule has 1 saturated heterocycles. The molecule has 27 heavy (non-hydrogen) atoms. The van der Waals surface area contributed by atoms with Gasteiger partial charge in [-0.25, -0.2) is 9.37 Å². The number of hydrogen-bond acceptors (Lipinski definition) is 4. The normalized spacial score (nSPS) is 15.4. The summed E-state index contributed by atoms with van der Waals surface area (Å²) < 4.78 is 52.2. The van der Waals surface area contributed by atoms with E-state index in [4.69, 9.17) is 0 Å². The zero-order chi connectivity index (χ0) is 19.0. The van der Waals surface area contributed by atoms with E-state index in [1.807, 2.05) is 11.1 Å². The Morgan fingerprint density at radius 3 is 2.41 bits per heavy atom. The van der Waals surface area contributed by atoms with Crippen LogP contribution in [0.3, 0.4) is 0 Å². The third-order valence-corrected chi connectivity index (χ3v) is 4.57. The number of alkyl halides is 3. The predicted octanol–water partition coefficient (Wildman–Crippen LogP) is 3.28. The van der Waals surface area contributed by atoms with Gasteiger partial charge in [-0.05, 0) is 18.2 Å². The van der Waals surface area contributed by atoms with Gasteiger partial charge in [-0.1, -0.05) is 0 Å². The van der Waals surface area contributed by atoms with Crippen molar-refractivity contribution in [3.8, 4) is 11.3 Å². The molecule has 1 fully saturated rings. The second-order valence-corrected chi connectivity index (χ2v) is 6.24. The molecule has 10 heteroatoms. The van der Waals surface area contributed by atoms with Crippen LogP contribution in [0, 0.1) is 5.82 Å². The first kappa shape index (κ1) is 17.4. The molecule has 0 saturated carbocycles. The summed E-state index contributed by atoms with van der Waals surface area (Å²) in [6, 6.07) is 2.92. The number of nitrogens with one attached hydrogen (secondary N) is 2. The summed E-state index contributed by atoms with van der Waals surface area (Å²) in [6.45, 7) is 2.94. The highest BCUT2D eigenvalue weighted by molar-refractivity contribution is 5.62. The quantitative estimate of drug-likeness (QED) is 0.685. The highest BCUT2D eigenvalue weighted by Gasteiger charge is 2.34. The van der Waals surface area contributed by atoms with Crippen LogP contribution in [0.4, 0.5) is 29.2 Å². The Hall–Kier alpha value is -3.04. The van der Waals surface area contributed by atoms with E-state index in [2.05, 4.69) is 25.1 Å². The largest absolute Gasteiger partial charge is 0.419 e. The molecule has 0 radical (unpaired) electrons. The average molecular weight is 380 g/mol. The molecule has 1 aromatic carbocycles. The van der Waals surface area contributed by atoms with E-state index in [1.54, 1.807) is 6.20 Å². The number of aromatic nitrogens is 4. The first-order chi connectivity index (χ1) is 12.9. The smallest absolute Gasteiger partial charge is 0.365 e. The summed E-state index contributed by atoms with van der Waals surface area (Å²) in [6.07, 6.45) is 0.304. The van der Waals surface area contributed by atoms with Gasteiger partial charge in [0.15, 0.2) is 0 Å². The Labute approximate surface area is 151 Å². The van der Waals surface area contributed by atoms with Crippen molar-refractivity contribution in [3.63, 3.8) is 0 Å². The zero-order valence-corrected chi connectivity index (χ0v) is 14.1. The second kappa shape index (κ2) is 6.60. The molecule has 4 rings (SSSR count). The molecule has 0 unspecified atom stereocenters. The highest BCUT2D eigenvalue weighted by Crippen LogP contribution is 2.34. The van der Waals surface area contributed by atoms with Crippen LogP contribution in [0.25, 0.3) is 11.3 Å². The lowest BCUT2D eigenvalue weighted by atomic mass is 10.1. The van der Waals surface area contributed by atoms with E-state index in [1.165, 1.54) is 12.3 Å². The zero-order valence-electron chi connectivity index (χ0n) is 14.1. The summed E-state index contributed by atoms with van der Waals surface area (Å²) in [4.78, 5) is 11.5. The maximum Gasteiger partial charge on any atom is 0.419 e. The number of piperazine rings is 1. The van der Waals surface area contributed by atoms with Crippen LogP contribution in [-0.4, -0.2) is 46.3 Å². The summed E-state index contributed by atoms with van der Waals surface area (Å²) in [5.41, 5.74) is 0.373. The van der Waals surface area contributed by atoms with E-state index in [-0.39, 0.29) is 5.56 Å². The number of anilines is 2. The third kappa shape index (κ3) is 3.46. The average Bonchev–Trinajstić information content (AvgIpc) is 3.33. The minimum atomic E-state index is -4.74. The Balaban J connectivity index is 1.50. The van der Waals surface area contributed by atoms with Crippen LogP contribution in [0.1, 0.15) is 5.56 Å². The predicted molar refractivity (Wildman–Crippen MR) is 92.0 cm³/mol. The molecule has 3 aromatic rings. The summed E-state index contributed by atoms with van der Waals surface area (Å²) in [7, 11) is 0. The number of benzene rings is 1. The van der Waals surface area contributed by atoms with Crippen LogP contribution in [0.15, 0.2) is 36.8 Å². The van der Waals surface area contributed by atoms with E-state index < -0.39 is 17.6 Å². The fourth-order valence-corrected chi connectivity index (χ4v) is 3.12. The van der Waals surface area contributed by atoms with Crippen LogP contribution in [0.2, 0.25) is 0 Å². The molecule has 6 nitrogen and oxygen atoms in total. The molecular formula is C17H16F4N6. The highest BCUT2D eigenvalue weighted by atomic mass is 19.4. The number of nitrogens with zero attached hydrogens (tertiary/aromatic N) is 4. The van der Waals surface area contributed by atoms with Crippen LogP contribution in [0.5, 0.6) is 0 Å². The van der Waals surface area contributed by atoms with Gasteiger partial charge in [-0.2, -0.15) is 18.3 Å². The van der Waals surface area contributed by atoms with Crippen molar-refractivity contribution < 1.29 is 17.6 Å². The van der Waals surface area contributed by atoms with Crippen LogP contribution < -0.4 is 9.80 Å². The lowest BCUT2D eigenvalue weighted by molar-refractivity contribution is -0.139. The lowest BCUT2D eigenvalue weighted by Gasteiger charge is -2.35. The first-order valence-electron chi connectivity index (χ1n) is 8.32. The lowest BCUT2D eigenvalue weighted by Crippen LogP contribution is -2.46. The van der Waals surface area contributed by atoms with Gasteiger partial charge in [-0.3, -0.25) is 5.10 Å². The van der Waals surface area contributed by atoms with Gasteiger partial charge in [0.1, 0.15) is 5.82 Å². The maximum atomic E-state index is 13.5. The Morgan fingerprint density at radius 1 is 1.00 bits per heavy atom. The van der Waals surface area contributed by atoms with Gasteiger partial charge in [-0.15, -0.1) is 0 Å². The number of rotatable bonds is 3. The molecule has 0 bridgehead atoms. The maximum absolute atomic E-state index is 13.5. The van der Waals surface area contributed by atoms with Crippen LogP contribution in [-0.2, 0) is 6.18 Å². The number of H-pyrrole nitrogens is 2. The Kier molecular flexibility index (Phi) is 4.25. The number of aromatic amines is 2. The molecule has 2 N–H and O–H groups in total. The molecule has 1 aliphatic rings. The Bertz CT molecular complexity index is 910. The molecule has 0 aliphatic carbocycles. The van der Waals surface area contributed by atoms with Crippen molar-refractivity contribution in [1.82, 2.24) is 20.2 Å². The van der Waals surface area contributed by atoms with Gasteiger partial charge in [0, 0.05) is 37.9 Å². The topological polar surface area (TPSA) is 63.8 Å². The first-order valence-corrected chi connectivity index (χ1v) is 8.32. The van der Waals surface area contributed by atoms with Crippen molar-refractivity contribution in [2.45, 2.75) is 6.18 Å². The molecule has 1 aliphatic heterocycles. The van der Waals surface area contributed by atoms with Gasteiger partial charge in [0.25, 0.3) is 0 Å². The SMILES string of the molecule is Fc1ccc(-c2cnc(N3CCN(c4cn[nH]c4)CC3)[nH]2)cc1C(F)(F)F. The standard InChI is InChI=1S/C17H16F4N6/c18-14-2-1-11(7-13(14)17(19,20)21)15-10-22-16(25-15)27-5-3-26(4-6-27)12-8-23-24-9-12/h1-2,7-10H,3-6H2,(H,22,25)(H,23,24). The minimum Gasteiger partial charge on any atom is -0.365 e. The fraction of sp³-hybridized carbons (Fsp3) is 0.294. The Morgan fingerprint density at radius 2 is 1.74 bits per heavy atom. The van der Waals surface area contributed by atoms with Crippen molar-refractivity contribution in [2.75, 3.05) is 36.0 Å². The van der Waals surface area contributed by atoms with Crippen LogP contribution >= 0.6 is 0 Å². The molecule has 0 spiro atoms. The van der Waals surface area contributed by atoms with E-state index in [0.717, 1.165) is 30.9 Å². The minimum absolute atomic E-state index is 0.236. The molecule has 142 valence electrons. The second-order valence-electron chi connectivity index (χ2n) is 6.24. The van der Waals surface area contributed by atoms with Crippen molar-refractivity contribution in [3.05, 3.63) is 48.2 Å². The third-order valence-electron chi connectivity index (χ3n) is 4.57. The van der Waals surface area contributed by atoms with E-state index >= 15 is 0 Å². The van der Waals surface area contributed by atoms with Gasteiger partial charge < -0.3 is 14.8 Å². The van der Waals surface area contributed by atoms with Gasteiger partial charge >= 0.3 is 6.18 Å². The summed E-state index contributed by atoms with van der Waals surface area (Å²) >= 11 is 0. The summed E-state index contributed by atoms with van der Waals surface area (Å²) in [5, 5.41) is 6.72. The summed E-state index contributed by atoms with van der Waals surface area (Å²) in [5.74, 6) is -0.712. The number of hydrogen-bond donors (Lipinski definition) is 2. The molecule has 0 amide bonds. The fourth-order valence-electron chi connectivity index (χ4n) is 3.12. The van der Waals surface area contributed by atoms with Gasteiger partial charge in [0.2, 0.25) is 5.95 Å². The molecule has 0 atom stereocenters. The van der Waals surface area contributed by atoms with Crippen molar-refractivity contribution in [2.24, 2.45) is 0 Å². The monoisotopic (exact) mass is 380 g/mol.